The van der Waals surface area contributed by atoms with Gasteiger partial charge in [0.1, 0.15) is 4.90 Å². The Kier molecular flexibility index (Phi) is 7.41. The quantitative estimate of drug-likeness (QED) is 0.681. The molecule has 0 bridgehead atoms. The van der Waals surface area contributed by atoms with Crippen molar-refractivity contribution >= 4 is 27.7 Å². The predicted molar refractivity (Wildman–Crippen MR) is 108 cm³/mol. The van der Waals surface area contributed by atoms with E-state index in [1.54, 1.807) is 6.07 Å². The Balaban J connectivity index is 1.94. The maximum absolute atomic E-state index is 12.3. The fourth-order valence-corrected chi connectivity index (χ4v) is 3.91. The number of hydrogen-bond donors (Lipinski definition) is 1. The molecular weight excluding hydrogens is 382 g/mol. The van der Waals surface area contributed by atoms with E-state index in [0.29, 0.717) is 5.03 Å². The first-order valence-corrected chi connectivity index (χ1v) is 11.0. The lowest BCUT2D eigenvalue weighted by molar-refractivity contribution is -0.119. The first-order chi connectivity index (χ1) is 12.7. The van der Waals surface area contributed by atoms with Gasteiger partial charge in [0.2, 0.25) is 15.9 Å². The van der Waals surface area contributed by atoms with Crippen molar-refractivity contribution in [3.63, 3.8) is 0 Å². The molecule has 0 unspecified atom stereocenters. The highest BCUT2D eigenvalue weighted by Gasteiger charge is 2.18. The number of carbonyl (C=O) groups excluding carboxylic acids is 1. The number of amides is 1. The van der Waals surface area contributed by atoms with Crippen LogP contribution in [-0.2, 0) is 14.8 Å². The van der Waals surface area contributed by atoms with E-state index in [9.17, 15) is 13.2 Å². The molecule has 1 N–H and O–H groups in total. The number of pyridine rings is 1. The van der Waals surface area contributed by atoms with E-state index in [2.05, 4.69) is 10.3 Å². The van der Waals surface area contributed by atoms with Gasteiger partial charge in [0, 0.05) is 20.3 Å². The summed E-state index contributed by atoms with van der Waals surface area (Å²) in [5, 5.41) is 3.64. The van der Waals surface area contributed by atoms with Gasteiger partial charge in [-0.1, -0.05) is 48.5 Å². The SMILES string of the molecule is CC[C@H](NC(=O)CSc1ccc(S(=O)(=O)N(C)C)cn1)c1ccc(C)cc1. The molecule has 0 radical (unpaired) electrons. The Bertz CT molecular complexity index is 864. The molecule has 0 aliphatic carbocycles. The largest absolute Gasteiger partial charge is 0.349 e. The average molecular weight is 408 g/mol. The van der Waals surface area contributed by atoms with E-state index < -0.39 is 10.0 Å². The Labute approximate surface area is 165 Å². The van der Waals surface area contributed by atoms with Gasteiger partial charge in [-0.15, -0.1) is 0 Å². The Morgan fingerprint density at radius 3 is 2.37 bits per heavy atom. The molecule has 2 aromatic rings. The molecule has 0 aliphatic rings. The van der Waals surface area contributed by atoms with Crippen molar-refractivity contribution in [2.75, 3.05) is 19.8 Å². The second-order valence-corrected chi connectivity index (χ2v) is 9.49. The van der Waals surface area contributed by atoms with Crippen LogP contribution >= 0.6 is 11.8 Å². The van der Waals surface area contributed by atoms with E-state index in [4.69, 9.17) is 0 Å². The Hall–Kier alpha value is -1.90. The summed E-state index contributed by atoms with van der Waals surface area (Å²) in [5.74, 6) is 0.133. The van der Waals surface area contributed by atoms with E-state index in [-0.39, 0.29) is 22.6 Å². The van der Waals surface area contributed by atoms with E-state index >= 15 is 0 Å². The molecule has 27 heavy (non-hydrogen) atoms. The third kappa shape index (κ3) is 5.79. The van der Waals surface area contributed by atoms with Gasteiger partial charge in [-0.2, -0.15) is 0 Å². The van der Waals surface area contributed by atoms with Gasteiger partial charge >= 0.3 is 0 Å². The molecule has 0 saturated heterocycles. The summed E-state index contributed by atoms with van der Waals surface area (Å²) in [7, 11) is -0.550. The minimum Gasteiger partial charge on any atom is -0.349 e. The summed E-state index contributed by atoms with van der Waals surface area (Å²) in [6.45, 7) is 4.06. The highest BCUT2D eigenvalue weighted by atomic mass is 32.2. The van der Waals surface area contributed by atoms with Crippen LogP contribution in [0.3, 0.4) is 0 Å². The van der Waals surface area contributed by atoms with Crippen LogP contribution in [0.1, 0.15) is 30.5 Å². The maximum atomic E-state index is 12.3. The lowest BCUT2D eigenvalue weighted by Crippen LogP contribution is -2.29. The van der Waals surface area contributed by atoms with Gasteiger partial charge in [-0.3, -0.25) is 4.79 Å². The van der Waals surface area contributed by atoms with Crippen molar-refractivity contribution in [3.8, 4) is 0 Å². The van der Waals surface area contributed by atoms with E-state index in [1.165, 1.54) is 43.7 Å². The lowest BCUT2D eigenvalue weighted by atomic mass is 10.0. The second-order valence-electron chi connectivity index (χ2n) is 6.35. The van der Waals surface area contributed by atoms with Crippen LogP contribution in [0.4, 0.5) is 0 Å². The van der Waals surface area contributed by atoms with Crippen LogP contribution in [0, 0.1) is 6.92 Å². The molecule has 146 valence electrons. The molecule has 1 heterocycles. The monoisotopic (exact) mass is 407 g/mol. The Morgan fingerprint density at radius 2 is 1.85 bits per heavy atom. The second kappa shape index (κ2) is 9.34. The number of nitrogens with one attached hydrogen (secondary N) is 1. The highest BCUT2D eigenvalue weighted by molar-refractivity contribution is 7.99. The third-order valence-electron chi connectivity index (χ3n) is 4.06. The molecule has 8 heteroatoms. The summed E-state index contributed by atoms with van der Waals surface area (Å²) >= 11 is 1.27. The summed E-state index contributed by atoms with van der Waals surface area (Å²) in [4.78, 5) is 16.6. The van der Waals surface area contributed by atoms with Crippen molar-refractivity contribution in [3.05, 3.63) is 53.7 Å². The molecule has 0 spiro atoms. The fourth-order valence-electron chi connectivity index (χ4n) is 2.41. The first-order valence-electron chi connectivity index (χ1n) is 8.61. The molecule has 1 amide bonds. The molecule has 1 aromatic carbocycles. The van der Waals surface area contributed by atoms with Crippen molar-refractivity contribution in [1.29, 1.82) is 0 Å². The molecule has 1 aromatic heterocycles. The number of carbonyl (C=O) groups is 1. The minimum absolute atomic E-state index is 0.0285. The number of hydrogen-bond acceptors (Lipinski definition) is 5. The van der Waals surface area contributed by atoms with Gasteiger partial charge in [-0.25, -0.2) is 17.7 Å². The summed E-state index contributed by atoms with van der Waals surface area (Å²) in [6.07, 6.45) is 2.12. The number of aromatic nitrogens is 1. The van der Waals surface area contributed by atoms with Crippen molar-refractivity contribution in [2.45, 2.75) is 36.2 Å². The van der Waals surface area contributed by atoms with Gasteiger partial charge in [-0.05, 0) is 31.0 Å². The number of rotatable bonds is 8. The average Bonchev–Trinajstić information content (AvgIpc) is 2.65. The van der Waals surface area contributed by atoms with Crippen LogP contribution in [0.5, 0.6) is 0 Å². The van der Waals surface area contributed by atoms with Gasteiger partial charge in [0.05, 0.1) is 16.8 Å². The van der Waals surface area contributed by atoms with Gasteiger partial charge in [0.25, 0.3) is 0 Å². The van der Waals surface area contributed by atoms with Crippen LogP contribution in [0.2, 0.25) is 0 Å². The summed E-state index contributed by atoms with van der Waals surface area (Å²) in [6, 6.07) is 11.2. The number of benzene rings is 1. The summed E-state index contributed by atoms with van der Waals surface area (Å²) in [5.41, 5.74) is 2.26. The van der Waals surface area contributed by atoms with Crippen LogP contribution in [0.15, 0.2) is 52.5 Å². The topological polar surface area (TPSA) is 79.4 Å². The maximum Gasteiger partial charge on any atom is 0.244 e. The van der Waals surface area contributed by atoms with Gasteiger partial charge < -0.3 is 5.32 Å². The number of thioether (sulfide) groups is 1. The van der Waals surface area contributed by atoms with Crippen LogP contribution < -0.4 is 5.32 Å². The number of nitrogens with zero attached hydrogens (tertiary/aromatic N) is 2. The van der Waals surface area contributed by atoms with Crippen molar-refractivity contribution < 1.29 is 13.2 Å². The standard InChI is InChI=1S/C19H25N3O3S2/c1-5-17(15-8-6-14(2)7-9-15)21-18(23)13-26-19-11-10-16(12-20-19)27(24,25)22(3)4/h6-12,17H,5,13H2,1-4H3,(H,21,23)/t17-/m0/s1. The van der Waals surface area contributed by atoms with Gasteiger partial charge in [0.15, 0.2) is 0 Å². The molecule has 1 atom stereocenters. The Morgan fingerprint density at radius 1 is 1.19 bits per heavy atom. The number of aryl methyl sites for hydroxylation is 1. The lowest BCUT2D eigenvalue weighted by Gasteiger charge is -2.17. The summed E-state index contributed by atoms with van der Waals surface area (Å²) < 4.78 is 25.2. The van der Waals surface area contributed by atoms with Crippen molar-refractivity contribution in [2.24, 2.45) is 0 Å². The zero-order valence-electron chi connectivity index (χ0n) is 16.0. The third-order valence-corrected chi connectivity index (χ3v) is 6.80. The van der Waals surface area contributed by atoms with E-state index in [1.807, 2.05) is 38.1 Å². The predicted octanol–water partition coefficient (Wildman–Crippen LogP) is 3.00. The van der Waals surface area contributed by atoms with Crippen molar-refractivity contribution in [1.82, 2.24) is 14.6 Å². The normalized spacial score (nSPS) is 12.8. The van der Waals surface area contributed by atoms with E-state index in [0.717, 1.165) is 16.3 Å². The zero-order valence-corrected chi connectivity index (χ0v) is 17.6. The molecule has 6 nitrogen and oxygen atoms in total. The first kappa shape index (κ1) is 21.4. The molecule has 0 saturated carbocycles. The molecular formula is C19H25N3O3S2. The molecule has 0 fully saturated rings. The zero-order chi connectivity index (χ0) is 20.0. The molecule has 2 rings (SSSR count). The van der Waals surface area contributed by atoms with Crippen LogP contribution in [-0.4, -0.2) is 43.5 Å². The smallest absolute Gasteiger partial charge is 0.244 e. The molecule has 0 aliphatic heterocycles. The number of sulfonamides is 1. The van der Waals surface area contributed by atoms with Crippen LogP contribution in [0.25, 0.3) is 0 Å². The fraction of sp³-hybridized carbons (Fsp3) is 0.368. The minimum atomic E-state index is -3.50. The highest BCUT2D eigenvalue weighted by Crippen LogP contribution is 2.20.